The fourth-order valence-corrected chi connectivity index (χ4v) is 2.14. The van der Waals surface area contributed by atoms with Gasteiger partial charge in [0, 0.05) is 5.39 Å². The molecule has 1 aromatic carbocycles. The molecule has 0 fully saturated rings. The molecule has 1 aromatic heterocycles. The lowest BCUT2D eigenvalue weighted by Gasteiger charge is -2.03. The highest BCUT2D eigenvalue weighted by molar-refractivity contribution is 7.11. The first-order valence-electron chi connectivity index (χ1n) is 5.05. The van der Waals surface area contributed by atoms with Crippen molar-refractivity contribution in [1.29, 1.82) is 0 Å². The van der Waals surface area contributed by atoms with Gasteiger partial charge in [-0.2, -0.15) is 4.37 Å². The molecule has 0 atom stereocenters. The van der Waals surface area contributed by atoms with Crippen molar-refractivity contribution in [3.8, 4) is 0 Å². The molecule has 0 radical (unpaired) electrons. The number of fused-ring (bicyclic) bond motifs is 1. The molecule has 4 nitrogen and oxygen atoms in total. The largest absolute Gasteiger partial charge is 0.465 e. The van der Waals surface area contributed by atoms with Crippen LogP contribution in [0, 0.1) is 0 Å². The van der Waals surface area contributed by atoms with E-state index in [-0.39, 0.29) is 12.5 Å². The van der Waals surface area contributed by atoms with Crippen LogP contribution in [0.5, 0.6) is 0 Å². The SMILES string of the molecule is CCOC(=O)CNc1snc2ccccc12. The maximum atomic E-state index is 11.2. The Morgan fingerprint density at radius 1 is 1.50 bits per heavy atom. The molecular formula is C11H12N2O2S. The van der Waals surface area contributed by atoms with Gasteiger partial charge in [0.05, 0.1) is 12.1 Å². The van der Waals surface area contributed by atoms with E-state index in [1.165, 1.54) is 11.5 Å². The van der Waals surface area contributed by atoms with Crippen LogP contribution in [0.4, 0.5) is 5.00 Å². The van der Waals surface area contributed by atoms with Crippen molar-refractivity contribution in [1.82, 2.24) is 4.37 Å². The standard InChI is InChI=1S/C11H12N2O2S/c1-2-15-10(14)7-12-11-8-5-3-4-6-9(8)13-16-11/h3-6,12H,2,7H2,1H3. The average molecular weight is 236 g/mol. The lowest BCUT2D eigenvalue weighted by Crippen LogP contribution is -2.16. The van der Waals surface area contributed by atoms with Crippen LogP contribution in [-0.4, -0.2) is 23.5 Å². The Morgan fingerprint density at radius 2 is 2.31 bits per heavy atom. The maximum Gasteiger partial charge on any atom is 0.325 e. The zero-order valence-electron chi connectivity index (χ0n) is 8.90. The molecule has 0 aliphatic rings. The third-order valence-corrected chi connectivity index (χ3v) is 2.92. The molecule has 0 saturated heterocycles. The lowest BCUT2D eigenvalue weighted by molar-refractivity contribution is -0.140. The monoisotopic (exact) mass is 236 g/mol. The zero-order chi connectivity index (χ0) is 11.4. The van der Waals surface area contributed by atoms with Crippen molar-refractivity contribution >= 4 is 33.4 Å². The van der Waals surface area contributed by atoms with Gasteiger partial charge in [-0.25, -0.2) is 0 Å². The third kappa shape index (κ3) is 2.30. The smallest absolute Gasteiger partial charge is 0.325 e. The summed E-state index contributed by atoms with van der Waals surface area (Å²) in [5.41, 5.74) is 0.943. The Bertz CT molecular complexity index is 495. The fraction of sp³-hybridized carbons (Fsp3) is 0.273. The van der Waals surface area contributed by atoms with Crippen molar-refractivity contribution in [3.63, 3.8) is 0 Å². The van der Waals surface area contributed by atoms with Gasteiger partial charge in [0.25, 0.3) is 0 Å². The molecule has 2 rings (SSSR count). The average Bonchev–Trinajstić information content (AvgIpc) is 2.70. The summed E-state index contributed by atoms with van der Waals surface area (Å²) in [5.74, 6) is -0.250. The summed E-state index contributed by atoms with van der Waals surface area (Å²) in [5, 5.41) is 4.98. The number of ether oxygens (including phenoxy) is 1. The van der Waals surface area contributed by atoms with Gasteiger partial charge in [0.1, 0.15) is 11.5 Å². The van der Waals surface area contributed by atoms with Crippen molar-refractivity contribution in [3.05, 3.63) is 24.3 Å². The second-order valence-electron chi connectivity index (χ2n) is 3.19. The van der Waals surface area contributed by atoms with Crippen LogP contribution in [0.1, 0.15) is 6.92 Å². The van der Waals surface area contributed by atoms with Crippen molar-refractivity contribution in [2.24, 2.45) is 0 Å². The number of nitrogens with zero attached hydrogens (tertiary/aromatic N) is 1. The van der Waals surface area contributed by atoms with E-state index in [2.05, 4.69) is 9.69 Å². The minimum absolute atomic E-state index is 0.181. The number of nitrogens with one attached hydrogen (secondary N) is 1. The van der Waals surface area contributed by atoms with Gasteiger partial charge in [0.15, 0.2) is 0 Å². The molecule has 84 valence electrons. The van der Waals surface area contributed by atoms with Crippen LogP contribution in [0.3, 0.4) is 0 Å². The highest BCUT2D eigenvalue weighted by Gasteiger charge is 2.06. The number of rotatable bonds is 4. The normalized spacial score (nSPS) is 10.3. The van der Waals surface area contributed by atoms with Crippen LogP contribution >= 0.6 is 11.5 Å². The van der Waals surface area contributed by atoms with E-state index in [9.17, 15) is 4.79 Å². The minimum Gasteiger partial charge on any atom is -0.465 e. The summed E-state index contributed by atoms with van der Waals surface area (Å²) in [6.07, 6.45) is 0. The molecule has 0 amide bonds. The molecule has 0 unspecified atom stereocenters. The van der Waals surface area contributed by atoms with E-state index in [1.807, 2.05) is 24.3 Å². The molecule has 5 heteroatoms. The number of hydrogen-bond donors (Lipinski definition) is 1. The van der Waals surface area contributed by atoms with Crippen molar-refractivity contribution in [2.45, 2.75) is 6.92 Å². The zero-order valence-corrected chi connectivity index (χ0v) is 9.71. The molecule has 0 bridgehead atoms. The number of anilines is 1. The van der Waals surface area contributed by atoms with Crippen molar-refractivity contribution < 1.29 is 9.53 Å². The Kier molecular flexibility index (Phi) is 3.36. The van der Waals surface area contributed by atoms with Gasteiger partial charge >= 0.3 is 5.97 Å². The number of benzene rings is 1. The number of carbonyl (C=O) groups is 1. The van der Waals surface area contributed by atoms with E-state index in [0.29, 0.717) is 6.61 Å². The molecule has 1 heterocycles. The van der Waals surface area contributed by atoms with Gasteiger partial charge in [-0.15, -0.1) is 0 Å². The van der Waals surface area contributed by atoms with Gasteiger partial charge < -0.3 is 10.1 Å². The first-order chi connectivity index (χ1) is 7.81. The number of esters is 1. The number of aromatic nitrogens is 1. The molecule has 0 saturated carbocycles. The number of carbonyl (C=O) groups excluding carboxylic acids is 1. The summed E-state index contributed by atoms with van der Waals surface area (Å²) in [6, 6.07) is 7.82. The molecular weight excluding hydrogens is 224 g/mol. The number of hydrogen-bond acceptors (Lipinski definition) is 5. The van der Waals surface area contributed by atoms with Gasteiger partial charge in [0.2, 0.25) is 0 Å². The van der Waals surface area contributed by atoms with E-state index in [0.717, 1.165) is 15.9 Å². The Hall–Kier alpha value is -1.62. The van der Waals surface area contributed by atoms with Crippen LogP contribution in [0.25, 0.3) is 10.9 Å². The third-order valence-electron chi connectivity index (χ3n) is 2.08. The van der Waals surface area contributed by atoms with E-state index < -0.39 is 0 Å². The molecule has 0 aliphatic heterocycles. The summed E-state index contributed by atoms with van der Waals surface area (Å²) < 4.78 is 9.10. The summed E-state index contributed by atoms with van der Waals surface area (Å²) >= 11 is 1.35. The summed E-state index contributed by atoms with van der Waals surface area (Å²) in [4.78, 5) is 11.2. The minimum atomic E-state index is -0.250. The Balaban J connectivity index is 2.07. The van der Waals surface area contributed by atoms with Crippen LogP contribution < -0.4 is 5.32 Å². The van der Waals surface area contributed by atoms with Gasteiger partial charge in [-0.3, -0.25) is 4.79 Å². The van der Waals surface area contributed by atoms with Crippen molar-refractivity contribution in [2.75, 3.05) is 18.5 Å². The highest BCUT2D eigenvalue weighted by atomic mass is 32.1. The molecule has 1 N–H and O–H groups in total. The van der Waals surface area contributed by atoms with Crippen LogP contribution in [0.15, 0.2) is 24.3 Å². The molecule has 2 aromatic rings. The second-order valence-corrected chi connectivity index (χ2v) is 3.96. The summed E-state index contributed by atoms with van der Waals surface area (Å²) in [6.45, 7) is 2.38. The first kappa shape index (κ1) is 10.9. The quantitative estimate of drug-likeness (QED) is 0.827. The lowest BCUT2D eigenvalue weighted by atomic mass is 10.2. The predicted molar refractivity (Wildman–Crippen MR) is 64.7 cm³/mol. The molecule has 16 heavy (non-hydrogen) atoms. The topological polar surface area (TPSA) is 51.2 Å². The van der Waals surface area contributed by atoms with Crippen LogP contribution in [0.2, 0.25) is 0 Å². The van der Waals surface area contributed by atoms with Gasteiger partial charge in [-0.1, -0.05) is 12.1 Å². The molecule has 0 spiro atoms. The molecule has 0 aliphatic carbocycles. The maximum absolute atomic E-state index is 11.2. The summed E-state index contributed by atoms with van der Waals surface area (Å²) in [7, 11) is 0. The van der Waals surface area contributed by atoms with E-state index >= 15 is 0 Å². The fourth-order valence-electron chi connectivity index (χ4n) is 1.38. The van der Waals surface area contributed by atoms with Crippen LogP contribution in [-0.2, 0) is 9.53 Å². The van der Waals surface area contributed by atoms with E-state index in [4.69, 9.17) is 4.74 Å². The predicted octanol–water partition coefficient (Wildman–Crippen LogP) is 2.27. The highest BCUT2D eigenvalue weighted by Crippen LogP contribution is 2.26. The first-order valence-corrected chi connectivity index (χ1v) is 5.82. The van der Waals surface area contributed by atoms with E-state index in [1.54, 1.807) is 6.92 Å². The second kappa shape index (κ2) is 4.94. The van der Waals surface area contributed by atoms with Gasteiger partial charge in [-0.05, 0) is 30.6 Å². The Morgan fingerprint density at radius 3 is 3.12 bits per heavy atom. The Labute approximate surface area is 97.4 Å².